The Kier molecular flexibility index (Phi) is 4.04. The Bertz CT molecular complexity index is 639. The second kappa shape index (κ2) is 5.81. The average Bonchev–Trinajstić information content (AvgIpc) is 3.18. The van der Waals surface area contributed by atoms with Crippen LogP contribution in [0.1, 0.15) is 42.4 Å². The molecule has 0 spiro atoms. The molecule has 5 nitrogen and oxygen atoms in total. The van der Waals surface area contributed by atoms with Crippen LogP contribution in [-0.4, -0.2) is 25.6 Å². The molecule has 0 aromatic carbocycles. The molecule has 3 rings (SSSR count). The van der Waals surface area contributed by atoms with Crippen molar-refractivity contribution >= 4 is 11.6 Å². The Morgan fingerprint density at radius 1 is 1.43 bits per heavy atom. The van der Waals surface area contributed by atoms with Gasteiger partial charge in [0.15, 0.2) is 0 Å². The summed E-state index contributed by atoms with van der Waals surface area (Å²) in [4.78, 5) is 0. The van der Waals surface area contributed by atoms with E-state index in [0.29, 0.717) is 12.6 Å². The molecular weight excluding hydrogens is 286 g/mol. The first-order valence-corrected chi connectivity index (χ1v) is 7.92. The number of nitrogens with one attached hydrogen (secondary N) is 1. The van der Waals surface area contributed by atoms with Crippen LogP contribution in [0, 0.1) is 6.92 Å². The molecule has 21 heavy (non-hydrogen) atoms. The van der Waals surface area contributed by atoms with Crippen molar-refractivity contribution in [2.24, 2.45) is 7.05 Å². The number of halogens is 1. The Hall–Kier alpha value is -1.33. The summed E-state index contributed by atoms with van der Waals surface area (Å²) in [6, 6.07) is 0.714. The van der Waals surface area contributed by atoms with Crippen LogP contribution in [0.25, 0.3) is 0 Å². The molecule has 2 aromatic rings. The van der Waals surface area contributed by atoms with Crippen LogP contribution < -0.4 is 5.32 Å². The van der Waals surface area contributed by atoms with Crippen LogP contribution in [-0.2, 0) is 26.6 Å². The van der Waals surface area contributed by atoms with E-state index in [2.05, 4.69) is 29.4 Å². The predicted octanol–water partition coefficient (Wildman–Crippen LogP) is 2.44. The summed E-state index contributed by atoms with van der Waals surface area (Å²) < 4.78 is 3.87. The minimum Gasteiger partial charge on any atom is -0.310 e. The zero-order chi connectivity index (χ0) is 15.0. The largest absolute Gasteiger partial charge is 0.310 e. The molecule has 6 heteroatoms. The third-order valence-corrected chi connectivity index (χ3v) is 4.60. The predicted molar refractivity (Wildman–Crippen MR) is 83.5 cm³/mol. The summed E-state index contributed by atoms with van der Waals surface area (Å²) in [5.41, 5.74) is 4.42. The zero-order valence-electron chi connectivity index (χ0n) is 12.9. The molecule has 0 bridgehead atoms. The topological polar surface area (TPSA) is 47.7 Å². The number of hydrogen-bond donors (Lipinski definition) is 1. The molecule has 114 valence electrons. The lowest BCUT2D eigenvalue weighted by Gasteiger charge is -2.07. The fourth-order valence-electron chi connectivity index (χ4n) is 2.49. The van der Waals surface area contributed by atoms with Gasteiger partial charge in [-0.15, -0.1) is 0 Å². The van der Waals surface area contributed by atoms with E-state index < -0.39 is 0 Å². The molecule has 0 amide bonds. The molecular formula is C15H22ClN5. The highest BCUT2D eigenvalue weighted by Crippen LogP contribution is 2.23. The van der Waals surface area contributed by atoms with E-state index in [-0.39, 0.29) is 0 Å². The maximum absolute atomic E-state index is 6.41. The van der Waals surface area contributed by atoms with Gasteiger partial charge >= 0.3 is 0 Å². The van der Waals surface area contributed by atoms with Crippen LogP contribution in [0.2, 0.25) is 5.02 Å². The van der Waals surface area contributed by atoms with Crippen molar-refractivity contribution in [2.45, 2.75) is 52.2 Å². The molecule has 2 heterocycles. The fraction of sp³-hybridized carbons (Fsp3) is 0.600. The van der Waals surface area contributed by atoms with Gasteiger partial charge in [0.25, 0.3) is 0 Å². The van der Waals surface area contributed by atoms with Gasteiger partial charge in [0.2, 0.25) is 0 Å². The Morgan fingerprint density at radius 3 is 2.81 bits per heavy atom. The van der Waals surface area contributed by atoms with Crippen molar-refractivity contribution in [1.82, 2.24) is 24.9 Å². The second-order valence-corrected chi connectivity index (χ2v) is 6.13. The summed E-state index contributed by atoms with van der Waals surface area (Å²) in [7, 11) is 1.94. The van der Waals surface area contributed by atoms with E-state index >= 15 is 0 Å². The van der Waals surface area contributed by atoms with Gasteiger partial charge in [-0.2, -0.15) is 10.2 Å². The van der Waals surface area contributed by atoms with Gasteiger partial charge in [0, 0.05) is 30.9 Å². The molecule has 2 aromatic heterocycles. The third-order valence-electron chi connectivity index (χ3n) is 4.17. The van der Waals surface area contributed by atoms with Crippen LogP contribution in [0.3, 0.4) is 0 Å². The van der Waals surface area contributed by atoms with Crippen molar-refractivity contribution in [3.05, 3.63) is 33.9 Å². The Labute approximate surface area is 130 Å². The van der Waals surface area contributed by atoms with Gasteiger partial charge in [-0.05, 0) is 26.2 Å². The van der Waals surface area contributed by atoms with Gasteiger partial charge in [0.05, 0.1) is 29.2 Å². The maximum Gasteiger partial charge on any atom is 0.0869 e. The highest BCUT2D eigenvalue weighted by atomic mass is 35.5. The molecule has 1 aliphatic carbocycles. The SMILES string of the molecule is CCc1nn(C)c(Cn2ncc(CNC3CC3)c2C)c1Cl. The minimum absolute atomic E-state index is 0.664. The first-order valence-electron chi connectivity index (χ1n) is 7.55. The Balaban J connectivity index is 1.76. The highest BCUT2D eigenvalue weighted by Gasteiger charge is 2.21. The van der Waals surface area contributed by atoms with Crippen molar-refractivity contribution < 1.29 is 0 Å². The molecule has 0 atom stereocenters. The van der Waals surface area contributed by atoms with Crippen LogP contribution in [0.15, 0.2) is 6.20 Å². The molecule has 0 radical (unpaired) electrons. The lowest BCUT2D eigenvalue weighted by Crippen LogP contribution is -2.16. The smallest absolute Gasteiger partial charge is 0.0869 e. The highest BCUT2D eigenvalue weighted by molar-refractivity contribution is 6.31. The molecule has 0 aliphatic heterocycles. The molecule has 1 N–H and O–H groups in total. The van der Waals surface area contributed by atoms with E-state index in [4.69, 9.17) is 11.6 Å². The van der Waals surface area contributed by atoms with E-state index in [1.165, 1.54) is 24.1 Å². The summed E-state index contributed by atoms with van der Waals surface area (Å²) >= 11 is 6.41. The fourth-order valence-corrected chi connectivity index (χ4v) is 2.85. The van der Waals surface area contributed by atoms with E-state index in [9.17, 15) is 0 Å². The number of rotatable bonds is 6. The van der Waals surface area contributed by atoms with Gasteiger partial charge < -0.3 is 5.32 Å². The average molecular weight is 308 g/mol. The van der Waals surface area contributed by atoms with E-state index in [1.807, 2.05) is 22.6 Å². The zero-order valence-corrected chi connectivity index (χ0v) is 13.6. The number of hydrogen-bond acceptors (Lipinski definition) is 3. The lowest BCUT2D eigenvalue weighted by molar-refractivity contribution is 0.603. The third kappa shape index (κ3) is 2.99. The molecule has 1 saturated carbocycles. The molecule has 0 saturated heterocycles. The summed E-state index contributed by atoms with van der Waals surface area (Å²) in [6.45, 7) is 5.74. The van der Waals surface area contributed by atoms with Crippen molar-refractivity contribution in [3.63, 3.8) is 0 Å². The van der Waals surface area contributed by atoms with Gasteiger partial charge in [0.1, 0.15) is 0 Å². The monoisotopic (exact) mass is 307 g/mol. The molecule has 1 aliphatic rings. The molecule has 1 fully saturated rings. The minimum atomic E-state index is 0.664. The summed E-state index contributed by atoms with van der Waals surface area (Å²) in [6.07, 6.45) is 5.41. The molecule has 0 unspecified atom stereocenters. The van der Waals surface area contributed by atoms with Crippen LogP contribution in [0.5, 0.6) is 0 Å². The van der Waals surface area contributed by atoms with Gasteiger partial charge in [-0.25, -0.2) is 0 Å². The maximum atomic E-state index is 6.41. The number of aromatic nitrogens is 4. The van der Waals surface area contributed by atoms with E-state index in [1.54, 1.807) is 0 Å². The summed E-state index contributed by atoms with van der Waals surface area (Å²) in [5, 5.41) is 13.3. The first kappa shape index (κ1) is 14.6. The number of aryl methyl sites for hydroxylation is 2. The standard InChI is InChI=1S/C15H22ClN5/c1-4-13-15(16)14(20(3)19-13)9-21-10(2)11(8-18-21)7-17-12-5-6-12/h8,12,17H,4-7,9H2,1-3H3. The van der Waals surface area contributed by atoms with Crippen LogP contribution >= 0.6 is 11.6 Å². The van der Waals surface area contributed by atoms with E-state index in [0.717, 1.165) is 29.4 Å². The van der Waals surface area contributed by atoms with Gasteiger partial charge in [-0.3, -0.25) is 9.36 Å². The Morgan fingerprint density at radius 2 is 2.19 bits per heavy atom. The second-order valence-electron chi connectivity index (χ2n) is 5.75. The lowest BCUT2D eigenvalue weighted by atomic mass is 10.2. The number of nitrogens with zero attached hydrogens (tertiary/aromatic N) is 4. The van der Waals surface area contributed by atoms with Gasteiger partial charge in [-0.1, -0.05) is 18.5 Å². The van der Waals surface area contributed by atoms with Crippen molar-refractivity contribution in [1.29, 1.82) is 0 Å². The summed E-state index contributed by atoms with van der Waals surface area (Å²) in [5.74, 6) is 0. The van der Waals surface area contributed by atoms with Crippen molar-refractivity contribution in [2.75, 3.05) is 0 Å². The first-order chi connectivity index (χ1) is 10.1. The normalized spacial score (nSPS) is 14.9. The quantitative estimate of drug-likeness (QED) is 0.891. The van der Waals surface area contributed by atoms with Crippen LogP contribution in [0.4, 0.5) is 0 Å². The van der Waals surface area contributed by atoms with Crippen molar-refractivity contribution in [3.8, 4) is 0 Å².